The summed E-state index contributed by atoms with van der Waals surface area (Å²) in [4.78, 5) is 146. The number of carbonyl (C=O) groups is 9. The molecule has 10 rings (SSSR count). The molecule has 7 aliphatic rings. The molecule has 12 bridgehead atoms. The number of aliphatic imine (C=N–C) groups is 3. The van der Waals surface area contributed by atoms with Crippen LogP contribution in [0, 0.1) is 17.8 Å². The Kier molecular flexibility index (Phi) is 29.6. The summed E-state index contributed by atoms with van der Waals surface area (Å²) >= 11 is 21.4. The lowest BCUT2D eigenvalue weighted by Gasteiger charge is -2.30. The van der Waals surface area contributed by atoms with Crippen molar-refractivity contribution in [3.05, 3.63) is 84.7 Å². The standard InChI is InChI=1S/C23H32N4O4S3.C22H30N4O3S3.C21H26N4O4S3/c1-14(2)19-21(29)31-15(8-6-4-5-7-9-32)10-17(28)24-11-18-25-16(12-33-18)20-27-23(3,13-34-20)22(30)26-19;1-13(2)19-16(27)8-14(6-4-5-7-30)9-17(28)23-10-18-24-15(11-31-18)20-26-22(3,12-32-20)21(29)25-19;1-21-12-32-18(24-21)14-11-31-17(23-14)10-22-16(26)9-13(5-2-3-8-30)29-19(27)15-6-4-7-25(15)20(21)28/h6,8,12,14-15,19,32H,4-5,7,9-11,13H2,1-3H3,(H,24,28)(H,26,30);4,6,11,13-14,19,30H,5,7-10,12H2,1-3H3,(H,23,28)(H,25,29);2,5,11,13,15,30H,3-4,6-10,12H2,1H3,(H,22,26)/b8-6+;6-4+;5-2+/t15?,19-,23-;14?,19-,22-;13?,15-,21-/m000/s1. The van der Waals surface area contributed by atoms with Crippen LogP contribution in [0.5, 0.6) is 0 Å². The number of rotatable bonds is 13. The quantitative estimate of drug-likeness (QED) is 0.0345. The number of nitrogens with zero attached hydrogens (tertiary/aromatic N) is 7. The number of amides is 6. The first-order valence-corrected chi connectivity index (χ1v) is 40.3. The normalized spacial score (nSPS) is 27.7. The van der Waals surface area contributed by atoms with Crippen molar-refractivity contribution in [2.45, 2.75) is 186 Å². The van der Waals surface area contributed by atoms with Gasteiger partial charge in [-0.25, -0.2) is 24.5 Å². The van der Waals surface area contributed by atoms with Crippen LogP contribution in [0.15, 0.2) is 67.6 Å². The Morgan fingerprint density at radius 1 is 0.551 bits per heavy atom. The number of thioether (sulfide) groups is 3. The number of cyclic esters (lactones) is 2. The maximum atomic E-state index is 13.4. The largest absolute Gasteiger partial charge is 0.456 e. The highest BCUT2D eigenvalue weighted by Gasteiger charge is 2.48. The summed E-state index contributed by atoms with van der Waals surface area (Å²) in [5, 5.41) is 24.5. The molecule has 532 valence electrons. The maximum absolute atomic E-state index is 13.4. The first-order valence-electron chi connectivity index (χ1n) is 32.8. The number of fused-ring (bicyclic) bond motifs is 13. The molecule has 3 aromatic rings. The second-order valence-electron chi connectivity index (χ2n) is 25.7. The number of allylic oxidation sites excluding steroid dienone is 4. The highest BCUT2D eigenvalue weighted by Crippen LogP contribution is 2.37. The number of Topliss-reactive ketones (excluding diaryl/α,β-unsaturated/α-hetero) is 1. The van der Waals surface area contributed by atoms with E-state index in [2.05, 4.69) is 89.4 Å². The number of aromatic nitrogens is 3. The maximum Gasteiger partial charge on any atom is 0.329 e. The van der Waals surface area contributed by atoms with Gasteiger partial charge >= 0.3 is 11.9 Å². The SMILES string of the molecule is CC(C)[C@@H]1NC(=O)[C@]2(C)CSC(=N2)c2csc(n2)CNC(=O)CC(/C=C/CCCCS)OC1=O.CC(C)[C@@H]1NC(=O)[C@]2(C)CSC(=N2)c2csc(n2)CNC(=O)CC(/C=C/CCS)CC1=O.C[C@@]12CSC(=N1)c1csc(n1)CNC(=O)CC(/C=C/CCS)OC(=O)[C@@H]1CCCN1C2=O. The van der Waals surface area contributed by atoms with E-state index in [1.54, 1.807) is 30.9 Å². The minimum absolute atomic E-state index is 0.00786. The van der Waals surface area contributed by atoms with Gasteiger partial charge in [0.05, 0.1) is 38.5 Å². The number of thiazole rings is 3. The van der Waals surface area contributed by atoms with Gasteiger partial charge in [0.2, 0.25) is 29.5 Å². The van der Waals surface area contributed by atoms with Crippen LogP contribution in [-0.2, 0) is 72.3 Å². The van der Waals surface area contributed by atoms with Crippen LogP contribution in [0.1, 0.15) is 151 Å². The molecule has 1 saturated heterocycles. The molecule has 0 radical (unpaired) electrons. The second kappa shape index (κ2) is 37.0. The fourth-order valence-electron chi connectivity index (χ4n) is 11.0. The van der Waals surface area contributed by atoms with Crippen molar-refractivity contribution in [2.75, 3.05) is 41.1 Å². The fraction of sp³-hybridized carbons (Fsp3) is 0.591. The summed E-state index contributed by atoms with van der Waals surface area (Å²) in [6, 6.07) is -2.15. The van der Waals surface area contributed by atoms with Crippen LogP contribution in [0.3, 0.4) is 0 Å². The Balaban J connectivity index is 0.000000188. The Labute approximate surface area is 614 Å². The number of nitrogens with one attached hydrogen (secondary N) is 5. The number of hydrogen-bond donors (Lipinski definition) is 8. The lowest BCUT2D eigenvalue weighted by atomic mass is 9.89. The smallest absolute Gasteiger partial charge is 0.329 e. The molecule has 0 saturated carbocycles. The van der Waals surface area contributed by atoms with Gasteiger partial charge < -0.3 is 41.0 Å². The zero-order chi connectivity index (χ0) is 70.7. The molecule has 1 fully saturated rings. The van der Waals surface area contributed by atoms with E-state index < -0.39 is 58.9 Å². The third-order valence-corrected chi connectivity index (χ3v) is 23.8. The van der Waals surface area contributed by atoms with Gasteiger partial charge in [0.1, 0.15) is 88.1 Å². The van der Waals surface area contributed by atoms with E-state index >= 15 is 0 Å². The van der Waals surface area contributed by atoms with Gasteiger partial charge in [0.15, 0.2) is 5.78 Å². The van der Waals surface area contributed by atoms with Crippen LogP contribution < -0.4 is 26.6 Å². The molecular weight excluding hydrogens is 1430 g/mol. The summed E-state index contributed by atoms with van der Waals surface area (Å²) in [7, 11) is 0. The van der Waals surface area contributed by atoms with Gasteiger partial charge in [0, 0.05) is 52.8 Å². The lowest BCUT2D eigenvalue weighted by Crippen LogP contribution is -2.53. The van der Waals surface area contributed by atoms with Gasteiger partial charge in [-0.2, -0.15) is 37.9 Å². The van der Waals surface area contributed by atoms with Crippen LogP contribution in [-0.4, -0.2) is 176 Å². The predicted molar refractivity (Wildman–Crippen MR) is 401 cm³/mol. The Morgan fingerprint density at radius 2 is 0.990 bits per heavy atom. The van der Waals surface area contributed by atoms with E-state index in [1.165, 1.54) is 69.3 Å². The zero-order valence-corrected chi connectivity index (χ0v) is 63.7. The average molecular weight is 1510 g/mol. The molecule has 7 aliphatic heterocycles. The Hall–Kier alpha value is -5.35. The molecule has 10 heterocycles. The molecule has 5 N–H and O–H groups in total. The van der Waals surface area contributed by atoms with E-state index in [-0.39, 0.29) is 97.8 Å². The first kappa shape index (κ1) is 78.4. The van der Waals surface area contributed by atoms with Crippen molar-refractivity contribution in [3.63, 3.8) is 0 Å². The molecular formula is C66H88N12O11S9. The number of ketones is 1. The lowest BCUT2D eigenvalue weighted by molar-refractivity contribution is -0.158. The van der Waals surface area contributed by atoms with Gasteiger partial charge in [0.25, 0.3) is 5.91 Å². The minimum Gasteiger partial charge on any atom is -0.456 e. The van der Waals surface area contributed by atoms with Gasteiger partial charge in [-0.05, 0) is 113 Å². The summed E-state index contributed by atoms with van der Waals surface area (Å²) in [6.45, 7) is 14.3. The van der Waals surface area contributed by atoms with E-state index in [0.29, 0.717) is 70.5 Å². The molecule has 6 amide bonds. The van der Waals surface area contributed by atoms with Crippen LogP contribution in [0.2, 0.25) is 0 Å². The van der Waals surface area contributed by atoms with Crippen molar-refractivity contribution < 1.29 is 52.6 Å². The Morgan fingerprint density at radius 3 is 1.47 bits per heavy atom. The number of ether oxygens (including phenoxy) is 2. The fourth-order valence-corrected chi connectivity index (χ4v) is 17.3. The molecule has 32 heteroatoms. The number of esters is 2. The van der Waals surface area contributed by atoms with E-state index in [4.69, 9.17) is 14.5 Å². The molecule has 23 nitrogen and oxygen atoms in total. The van der Waals surface area contributed by atoms with Crippen molar-refractivity contribution in [1.82, 2.24) is 46.4 Å². The first-order chi connectivity index (χ1) is 46.8. The van der Waals surface area contributed by atoms with E-state index in [0.717, 1.165) is 69.3 Å². The topological polar surface area (TPSA) is 311 Å². The summed E-state index contributed by atoms with van der Waals surface area (Å²) in [6.07, 6.45) is 15.6. The number of carbonyl (C=O) groups excluding carboxylic acids is 9. The van der Waals surface area contributed by atoms with Crippen molar-refractivity contribution in [2.24, 2.45) is 32.7 Å². The average Bonchev–Trinajstić information content (AvgIpc) is 1.64. The highest BCUT2D eigenvalue weighted by molar-refractivity contribution is 8.15. The predicted octanol–water partition coefficient (Wildman–Crippen LogP) is 8.33. The second-order valence-corrected chi connectivity index (χ2v) is 32.8. The molecule has 0 aromatic carbocycles. The van der Waals surface area contributed by atoms with Crippen LogP contribution in [0.25, 0.3) is 0 Å². The summed E-state index contributed by atoms with van der Waals surface area (Å²) in [5.74, 6) is 0.603. The summed E-state index contributed by atoms with van der Waals surface area (Å²) < 4.78 is 11.4. The van der Waals surface area contributed by atoms with Gasteiger partial charge in [-0.3, -0.25) is 48.5 Å². The number of unbranched alkanes of at least 4 members (excludes halogenated alkanes) is 2. The third kappa shape index (κ3) is 21.8. The Bertz CT molecular complexity index is 3520. The summed E-state index contributed by atoms with van der Waals surface area (Å²) in [5.41, 5.74) is -0.758. The van der Waals surface area contributed by atoms with Crippen molar-refractivity contribution >= 4 is 175 Å². The van der Waals surface area contributed by atoms with E-state index in [9.17, 15) is 43.2 Å². The number of hydrogen-bond acceptors (Lipinski definition) is 26. The van der Waals surface area contributed by atoms with Crippen LogP contribution in [0.4, 0.5) is 0 Å². The molecule has 3 aromatic heterocycles. The molecule has 0 spiro atoms. The van der Waals surface area contributed by atoms with Crippen molar-refractivity contribution in [3.8, 4) is 0 Å². The molecule has 9 atom stereocenters. The molecule has 0 aliphatic carbocycles. The monoisotopic (exact) mass is 1510 g/mol. The zero-order valence-electron chi connectivity index (χ0n) is 56.1. The minimum atomic E-state index is -1.01. The highest BCUT2D eigenvalue weighted by atomic mass is 32.2. The number of thiol groups is 3. The van der Waals surface area contributed by atoms with Gasteiger partial charge in [-0.15, -0.1) is 69.3 Å². The third-order valence-electron chi connectivity index (χ3n) is 16.6. The molecule has 3 unspecified atom stereocenters. The van der Waals surface area contributed by atoms with Crippen molar-refractivity contribution in [1.29, 1.82) is 0 Å². The van der Waals surface area contributed by atoms with Crippen LogP contribution >= 0.6 is 107 Å². The van der Waals surface area contributed by atoms with E-state index in [1.807, 2.05) is 75.1 Å². The molecule has 98 heavy (non-hydrogen) atoms. The van der Waals surface area contributed by atoms with Gasteiger partial charge in [-0.1, -0.05) is 52.0 Å².